The van der Waals surface area contributed by atoms with E-state index in [1.54, 1.807) is 14.2 Å². The van der Waals surface area contributed by atoms with E-state index in [9.17, 15) is 0 Å². The Hall–Kier alpha value is -0.880. The van der Waals surface area contributed by atoms with Crippen molar-refractivity contribution in [1.29, 1.82) is 0 Å². The maximum Gasteiger partial charge on any atom is 0.118 e. The van der Waals surface area contributed by atoms with Gasteiger partial charge in [-0.2, -0.15) is 0 Å². The topological polar surface area (TPSA) is 46.9 Å². The van der Waals surface area contributed by atoms with Crippen LogP contribution in [0.1, 0.15) is 11.5 Å². The van der Waals surface area contributed by atoms with Gasteiger partial charge in [0, 0.05) is 27.3 Å². The van der Waals surface area contributed by atoms with Crippen molar-refractivity contribution in [3.63, 3.8) is 0 Å². The van der Waals surface area contributed by atoms with Crippen LogP contribution in [0.2, 0.25) is 0 Å². The van der Waals surface area contributed by atoms with E-state index in [0.717, 1.165) is 37.7 Å². The first-order valence-corrected chi connectivity index (χ1v) is 6.22. The molecule has 0 saturated carbocycles. The normalized spacial score (nSPS) is 11.3. The summed E-state index contributed by atoms with van der Waals surface area (Å²) >= 11 is 0. The van der Waals surface area contributed by atoms with Crippen molar-refractivity contribution in [2.45, 2.75) is 13.1 Å². The Bertz CT molecular complexity index is 307. The van der Waals surface area contributed by atoms with Crippen LogP contribution in [-0.2, 0) is 22.6 Å². The standard InChI is InChI=1S/C13H24N2O3/c1-14-10-12-4-5-13(18-12)11-15(6-8-16-2)7-9-17-3/h4-5,14H,6-11H2,1-3H3. The zero-order valence-corrected chi connectivity index (χ0v) is 11.6. The second-order valence-corrected chi connectivity index (χ2v) is 4.16. The Morgan fingerprint density at radius 1 is 1.11 bits per heavy atom. The third-order valence-corrected chi connectivity index (χ3v) is 2.67. The fourth-order valence-corrected chi connectivity index (χ4v) is 1.71. The lowest BCUT2D eigenvalue weighted by molar-refractivity contribution is 0.106. The van der Waals surface area contributed by atoms with E-state index < -0.39 is 0 Å². The molecular weight excluding hydrogens is 232 g/mol. The highest BCUT2D eigenvalue weighted by molar-refractivity contribution is 5.07. The minimum absolute atomic E-state index is 0.716. The van der Waals surface area contributed by atoms with Gasteiger partial charge in [0.2, 0.25) is 0 Å². The van der Waals surface area contributed by atoms with Gasteiger partial charge in [0.25, 0.3) is 0 Å². The molecule has 0 aliphatic heterocycles. The van der Waals surface area contributed by atoms with Gasteiger partial charge in [-0.1, -0.05) is 0 Å². The molecule has 1 rings (SSSR count). The molecule has 0 fully saturated rings. The fourth-order valence-electron chi connectivity index (χ4n) is 1.71. The first-order chi connectivity index (χ1) is 8.80. The smallest absolute Gasteiger partial charge is 0.118 e. The molecule has 0 unspecified atom stereocenters. The van der Waals surface area contributed by atoms with Crippen molar-refractivity contribution in [2.75, 3.05) is 47.6 Å². The van der Waals surface area contributed by atoms with E-state index in [-0.39, 0.29) is 0 Å². The van der Waals surface area contributed by atoms with Gasteiger partial charge in [0.15, 0.2) is 0 Å². The van der Waals surface area contributed by atoms with E-state index in [4.69, 9.17) is 13.9 Å². The molecule has 1 aromatic heterocycles. The van der Waals surface area contributed by atoms with Crippen molar-refractivity contribution in [2.24, 2.45) is 0 Å². The average Bonchev–Trinajstić information content (AvgIpc) is 2.80. The Labute approximate surface area is 109 Å². The zero-order chi connectivity index (χ0) is 13.2. The summed E-state index contributed by atoms with van der Waals surface area (Å²) in [5.74, 6) is 1.94. The largest absolute Gasteiger partial charge is 0.463 e. The first kappa shape index (κ1) is 15.2. The Balaban J connectivity index is 2.46. The quantitative estimate of drug-likeness (QED) is 0.679. The van der Waals surface area contributed by atoms with E-state index in [1.165, 1.54) is 0 Å². The highest BCUT2D eigenvalue weighted by Crippen LogP contribution is 2.10. The highest BCUT2D eigenvalue weighted by atomic mass is 16.5. The number of rotatable bonds is 10. The lowest BCUT2D eigenvalue weighted by atomic mass is 10.3. The van der Waals surface area contributed by atoms with Crippen molar-refractivity contribution in [3.05, 3.63) is 23.7 Å². The molecule has 5 heteroatoms. The van der Waals surface area contributed by atoms with Gasteiger partial charge in [-0.05, 0) is 19.2 Å². The monoisotopic (exact) mass is 256 g/mol. The van der Waals surface area contributed by atoms with Crippen LogP contribution in [0.15, 0.2) is 16.5 Å². The summed E-state index contributed by atoms with van der Waals surface area (Å²) in [5.41, 5.74) is 0. The van der Waals surface area contributed by atoms with E-state index >= 15 is 0 Å². The Morgan fingerprint density at radius 3 is 2.28 bits per heavy atom. The van der Waals surface area contributed by atoms with E-state index in [0.29, 0.717) is 13.2 Å². The number of furan rings is 1. The fraction of sp³-hybridized carbons (Fsp3) is 0.692. The third kappa shape index (κ3) is 5.64. The highest BCUT2D eigenvalue weighted by Gasteiger charge is 2.09. The van der Waals surface area contributed by atoms with Gasteiger partial charge in [0.1, 0.15) is 11.5 Å². The van der Waals surface area contributed by atoms with E-state index in [1.807, 2.05) is 19.2 Å². The Kier molecular flexibility index (Phi) is 7.68. The zero-order valence-electron chi connectivity index (χ0n) is 11.6. The lowest BCUT2D eigenvalue weighted by Crippen LogP contribution is -2.30. The maximum atomic E-state index is 5.73. The van der Waals surface area contributed by atoms with Gasteiger partial charge in [-0.15, -0.1) is 0 Å². The lowest BCUT2D eigenvalue weighted by Gasteiger charge is -2.20. The molecule has 5 nitrogen and oxygen atoms in total. The van der Waals surface area contributed by atoms with E-state index in [2.05, 4.69) is 10.2 Å². The van der Waals surface area contributed by atoms with Crippen LogP contribution in [0, 0.1) is 0 Å². The van der Waals surface area contributed by atoms with Crippen molar-refractivity contribution < 1.29 is 13.9 Å². The molecule has 0 saturated heterocycles. The molecule has 0 spiro atoms. The van der Waals surface area contributed by atoms with Crippen LogP contribution in [0.3, 0.4) is 0 Å². The second-order valence-electron chi connectivity index (χ2n) is 4.16. The predicted octanol–water partition coefficient (Wildman–Crippen LogP) is 1.09. The summed E-state index contributed by atoms with van der Waals surface area (Å²) < 4.78 is 16.0. The molecule has 0 atom stereocenters. The molecule has 1 heterocycles. The number of methoxy groups -OCH3 is 2. The maximum absolute atomic E-state index is 5.73. The number of nitrogens with one attached hydrogen (secondary N) is 1. The van der Waals surface area contributed by atoms with Gasteiger partial charge >= 0.3 is 0 Å². The SMILES string of the molecule is CNCc1ccc(CN(CCOC)CCOC)o1. The summed E-state index contributed by atoms with van der Waals surface area (Å²) in [6, 6.07) is 4.04. The number of nitrogens with zero attached hydrogens (tertiary/aromatic N) is 1. The molecule has 0 aromatic carbocycles. The van der Waals surface area contributed by atoms with Crippen LogP contribution in [0.5, 0.6) is 0 Å². The minimum Gasteiger partial charge on any atom is -0.463 e. The second kappa shape index (κ2) is 9.10. The Morgan fingerprint density at radius 2 is 1.72 bits per heavy atom. The van der Waals surface area contributed by atoms with Crippen LogP contribution >= 0.6 is 0 Å². The van der Waals surface area contributed by atoms with Gasteiger partial charge < -0.3 is 19.2 Å². The van der Waals surface area contributed by atoms with Crippen LogP contribution in [-0.4, -0.2) is 52.5 Å². The summed E-state index contributed by atoms with van der Waals surface area (Å²) in [6.07, 6.45) is 0. The van der Waals surface area contributed by atoms with Gasteiger partial charge in [-0.3, -0.25) is 4.90 Å². The molecule has 1 N–H and O–H groups in total. The number of hydrogen-bond acceptors (Lipinski definition) is 5. The molecule has 18 heavy (non-hydrogen) atoms. The van der Waals surface area contributed by atoms with Crippen molar-refractivity contribution in [3.8, 4) is 0 Å². The predicted molar refractivity (Wildman–Crippen MR) is 70.5 cm³/mol. The van der Waals surface area contributed by atoms with Crippen molar-refractivity contribution in [1.82, 2.24) is 10.2 Å². The average molecular weight is 256 g/mol. The molecule has 0 radical (unpaired) electrons. The minimum atomic E-state index is 0.716. The third-order valence-electron chi connectivity index (χ3n) is 2.67. The molecule has 1 aromatic rings. The van der Waals surface area contributed by atoms with Crippen molar-refractivity contribution >= 4 is 0 Å². The number of ether oxygens (including phenoxy) is 2. The molecular formula is C13H24N2O3. The van der Waals surface area contributed by atoms with Gasteiger partial charge in [-0.25, -0.2) is 0 Å². The summed E-state index contributed by atoms with van der Waals surface area (Å²) in [4.78, 5) is 2.26. The molecule has 0 aliphatic rings. The van der Waals surface area contributed by atoms with Gasteiger partial charge in [0.05, 0.1) is 26.3 Å². The molecule has 104 valence electrons. The first-order valence-electron chi connectivity index (χ1n) is 6.22. The molecule has 0 bridgehead atoms. The molecule has 0 amide bonds. The summed E-state index contributed by atoms with van der Waals surface area (Å²) in [6.45, 7) is 4.73. The van der Waals surface area contributed by atoms with Crippen LogP contribution < -0.4 is 5.32 Å². The van der Waals surface area contributed by atoms with Crippen LogP contribution in [0.4, 0.5) is 0 Å². The van der Waals surface area contributed by atoms with Crippen LogP contribution in [0.25, 0.3) is 0 Å². The molecule has 0 aliphatic carbocycles. The summed E-state index contributed by atoms with van der Waals surface area (Å²) in [7, 11) is 5.34. The number of hydrogen-bond donors (Lipinski definition) is 1. The summed E-state index contributed by atoms with van der Waals surface area (Å²) in [5, 5.41) is 3.07.